The van der Waals surface area contributed by atoms with E-state index in [0.29, 0.717) is 42.4 Å². The molecule has 7 nitrogen and oxygen atoms in total. The molecule has 144 valence electrons. The van der Waals surface area contributed by atoms with E-state index in [2.05, 4.69) is 16.3 Å². The van der Waals surface area contributed by atoms with E-state index >= 15 is 0 Å². The third-order valence-electron chi connectivity index (χ3n) is 4.85. The second-order valence-electron chi connectivity index (χ2n) is 6.63. The fraction of sp³-hybridized carbons (Fsp3) is 0.200. The number of fused-ring (bicyclic) bond motifs is 1. The Morgan fingerprint density at radius 2 is 1.79 bits per heavy atom. The molecule has 1 aliphatic rings. The lowest BCUT2D eigenvalue weighted by Crippen LogP contribution is -2.48. The van der Waals surface area contributed by atoms with E-state index in [1.165, 1.54) is 16.2 Å². The van der Waals surface area contributed by atoms with Crippen LogP contribution in [-0.4, -0.2) is 48.2 Å². The molecule has 8 heteroatoms. The lowest BCUT2D eigenvalue weighted by molar-refractivity contribution is 0.103. The number of benzene rings is 2. The lowest BCUT2D eigenvalue weighted by Gasteiger charge is -2.34. The van der Waals surface area contributed by atoms with Crippen LogP contribution in [0.1, 0.15) is 9.67 Å². The lowest BCUT2D eigenvalue weighted by atomic mass is 10.2. The maximum Gasteiger partial charge on any atom is 0.407 e. The Kier molecular flexibility index (Phi) is 4.79. The van der Waals surface area contributed by atoms with Gasteiger partial charge in [-0.15, -0.1) is 11.3 Å². The predicted molar refractivity (Wildman–Crippen MR) is 112 cm³/mol. The molecule has 1 fully saturated rings. The maximum absolute atomic E-state index is 12.6. The van der Waals surface area contributed by atoms with Crippen molar-refractivity contribution < 1.29 is 14.7 Å². The Morgan fingerprint density at radius 3 is 2.50 bits per heavy atom. The predicted octanol–water partition coefficient (Wildman–Crippen LogP) is 3.54. The first-order valence-electron chi connectivity index (χ1n) is 8.93. The molecule has 1 aliphatic heterocycles. The third-order valence-corrected chi connectivity index (χ3v) is 5.95. The fourth-order valence-electron chi connectivity index (χ4n) is 3.28. The number of nitrogens with one attached hydrogen (secondary N) is 1. The van der Waals surface area contributed by atoms with Crippen molar-refractivity contribution >= 4 is 50.5 Å². The molecule has 0 aliphatic carbocycles. The summed E-state index contributed by atoms with van der Waals surface area (Å²) in [6, 6.07) is 15.1. The third kappa shape index (κ3) is 3.59. The molecule has 2 heterocycles. The van der Waals surface area contributed by atoms with Gasteiger partial charge < -0.3 is 26.0 Å². The average molecular weight is 396 g/mol. The standard InChI is InChI=1S/C20H20N4O3S/c21-15-3-1-2-4-16(15)22-19(25)18-11-13-5-6-14(12-17(13)28-18)23-7-9-24(10-8-23)20(26)27/h1-6,11-12H,7-10,21H2,(H,22,25)(H,26,27). The number of anilines is 3. The summed E-state index contributed by atoms with van der Waals surface area (Å²) in [5.41, 5.74) is 8.06. The first-order valence-corrected chi connectivity index (χ1v) is 9.75. The van der Waals surface area contributed by atoms with Gasteiger partial charge in [-0.2, -0.15) is 0 Å². The largest absolute Gasteiger partial charge is 0.465 e. The summed E-state index contributed by atoms with van der Waals surface area (Å²) >= 11 is 1.43. The van der Waals surface area contributed by atoms with Gasteiger partial charge in [0.15, 0.2) is 0 Å². The van der Waals surface area contributed by atoms with E-state index in [1.54, 1.807) is 12.1 Å². The van der Waals surface area contributed by atoms with Crippen LogP contribution >= 0.6 is 11.3 Å². The summed E-state index contributed by atoms with van der Waals surface area (Å²) in [6.07, 6.45) is -0.872. The minimum Gasteiger partial charge on any atom is -0.465 e. The van der Waals surface area contributed by atoms with Crippen LogP contribution in [0.4, 0.5) is 21.9 Å². The Hall–Kier alpha value is -3.26. The Bertz CT molecular complexity index is 1040. The van der Waals surface area contributed by atoms with Gasteiger partial charge in [0.1, 0.15) is 0 Å². The summed E-state index contributed by atoms with van der Waals surface area (Å²) < 4.78 is 1.02. The summed E-state index contributed by atoms with van der Waals surface area (Å²) in [5.74, 6) is -0.185. The molecule has 0 unspecified atom stereocenters. The van der Waals surface area contributed by atoms with Crippen molar-refractivity contribution in [3.8, 4) is 0 Å². The molecule has 0 atom stereocenters. The van der Waals surface area contributed by atoms with Crippen LogP contribution in [0.5, 0.6) is 0 Å². The van der Waals surface area contributed by atoms with Gasteiger partial charge in [-0.3, -0.25) is 4.79 Å². The Morgan fingerprint density at radius 1 is 1.04 bits per heavy atom. The van der Waals surface area contributed by atoms with Crippen molar-refractivity contribution in [2.45, 2.75) is 0 Å². The monoisotopic (exact) mass is 396 g/mol. The van der Waals surface area contributed by atoms with E-state index in [9.17, 15) is 9.59 Å². The normalized spacial score (nSPS) is 14.3. The average Bonchev–Trinajstić information content (AvgIpc) is 3.13. The van der Waals surface area contributed by atoms with Crippen molar-refractivity contribution in [1.29, 1.82) is 0 Å². The van der Waals surface area contributed by atoms with Gasteiger partial charge in [-0.1, -0.05) is 18.2 Å². The summed E-state index contributed by atoms with van der Waals surface area (Å²) in [4.78, 5) is 27.9. The van der Waals surface area contributed by atoms with Crippen molar-refractivity contribution in [3.63, 3.8) is 0 Å². The maximum atomic E-state index is 12.6. The number of amides is 2. The summed E-state index contributed by atoms with van der Waals surface area (Å²) in [6.45, 7) is 2.29. The molecule has 2 aromatic carbocycles. The van der Waals surface area contributed by atoms with Gasteiger partial charge in [-0.05, 0) is 35.7 Å². The number of para-hydroxylation sites is 2. The molecule has 0 bridgehead atoms. The highest BCUT2D eigenvalue weighted by molar-refractivity contribution is 7.21. The first kappa shape index (κ1) is 18.1. The highest BCUT2D eigenvalue weighted by atomic mass is 32.1. The zero-order chi connectivity index (χ0) is 19.7. The van der Waals surface area contributed by atoms with E-state index in [-0.39, 0.29) is 5.91 Å². The van der Waals surface area contributed by atoms with Crippen LogP contribution in [0.2, 0.25) is 0 Å². The SMILES string of the molecule is Nc1ccccc1NC(=O)c1cc2ccc(N3CCN(C(=O)O)CC3)cc2s1. The molecule has 2 amide bonds. The topological polar surface area (TPSA) is 98.9 Å². The van der Waals surface area contributed by atoms with E-state index in [1.807, 2.05) is 30.3 Å². The molecular formula is C20H20N4O3S. The molecule has 4 N–H and O–H groups in total. The van der Waals surface area contributed by atoms with Gasteiger partial charge >= 0.3 is 6.09 Å². The quantitative estimate of drug-likeness (QED) is 0.588. The number of carbonyl (C=O) groups is 2. The number of piperazine rings is 1. The number of carbonyl (C=O) groups excluding carboxylic acids is 1. The number of nitrogens with zero attached hydrogens (tertiary/aromatic N) is 2. The number of nitrogens with two attached hydrogens (primary N) is 1. The Labute approximate surface area is 166 Å². The van der Waals surface area contributed by atoms with Crippen LogP contribution in [0, 0.1) is 0 Å². The molecule has 1 saturated heterocycles. The van der Waals surface area contributed by atoms with Gasteiger partial charge in [0.05, 0.1) is 16.3 Å². The molecule has 0 spiro atoms. The number of nitrogen functional groups attached to an aromatic ring is 1. The molecule has 0 radical (unpaired) electrons. The number of rotatable bonds is 3. The van der Waals surface area contributed by atoms with Crippen molar-refractivity contribution in [3.05, 3.63) is 53.4 Å². The molecule has 28 heavy (non-hydrogen) atoms. The van der Waals surface area contributed by atoms with Gasteiger partial charge in [0.25, 0.3) is 5.91 Å². The van der Waals surface area contributed by atoms with E-state index < -0.39 is 6.09 Å². The Balaban J connectivity index is 1.51. The zero-order valence-corrected chi connectivity index (χ0v) is 15.9. The zero-order valence-electron chi connectivity index (χ0n) is 15.1. The van der Waals surface area contributed by atoms with Gasteiger partial charge in [-0.25, -0.2) is 4.79 Å². The first-order chi connectivity index (χ1) is 13.5. The van der Waals surface area contributed by atoms with Crippen LogP contribution in [0.3, 0.4) is 0 Å². The molecule has 3 aromatic rings. The fourth-order valence-corrected chi connectivity index (χ4v) is 4.27. The van der Waals surface area contributed by atoms with Gasteiger partial charge in [0, 0.05) is 36.6 Å². The van der Waals surface area contributed by atoms with Crippen molar-refractivity contribution in [2.24, 2.45) is 0 Å². The number of hydrogen-bond acceptors (Lipinski definition) is 5. The molecule has 1 aromatic heterocycles. The van der Waals surface area contributed by atoms with Gasteiger partial charge in [0.2, 0.25) is 0 Å². The highest BCUT2D eigenvalue weighted by Gasteiger charge is 2.21. The van der Waals surface area contributed by atoms with E-state index in [4.69, 9.17) is 10.8 Å². The van der Waals surface area contributed by atoms with E-state index in [0.717, 1.165) is 15.8 Å². The molecular weight excluding hydrogens is 376 g/mol. The summed E-state index contributed by atoms with van der Waals surface area (Å²) in [5, 5.41) is 12.9. The van der Waals surface area contributed by atoms with Crippen molar-refractivity contribution in [1.82, 2.24) is 4.90 Å². The van der Waals surface area contributed by atoms with Crippen LogP contribution in [0.25, 0.3) is 10.1 Å². The number of thiophene rings is 1. The second kappa shape index (κ2) is 7.40. The molecule has 0 saturated carbocycles. The minimum atomic E-state index is -0.872. The van der Waals surface area contributed by atoms with Crippen LogP contribution < -0.4 is 16.0 Å². The van der Waals surface area contributed by atoms with Crippen molar-refractivity contribution in [2.75, 3.05) is 42.1 Å². The second-order valence-corrected chi connectivity index (χ2v) is 7.71. The molecule has 4 rings (SSSR count). The number of carboxylic acid groups (broad SMARTS) is 1. The highest BCUT2D eigenvalue weighted by Crippen LogP contribution is 2.31. The minimum absolute atomic E-state index is 0.185. The van der Waals surface area contributed by atoms with Crippen LogP contribution in [-0.2, 0) is 0 Å². The number of hydrogen-bond donors (Lipinski definition) is 3. The summed E-state index contributed by atoms with van der Waals surface area (Å²) in [7, 11) is 0. The smallest absolute Gasteiger partial charge is 0.407 e. The van der Waals surface area contributed by atoms with Crippen LogP contribution in [0.15, 0.2) is 48.5 Å².